The molecule has 4 atom stereocenters. The van der Waals surface area contributed by atoms with Crippen LogP contribution < -0.4 is 5.32 Å². The van der Waals surface area contributed by atoms with E-state index in [0.717, 1.165) is 44.2 Å². The molecule has 0 aromatic carbocycles. The highest BCUT2D eigenvalue weighted by molar-refractivity contribution is 4.92. The Morgan fingerprint density at radius 2 is 1.88 bits per heavy atom. The van der Waals surface area contributed by atoms with Crippen molar-refractivity contribution in [3.8, 4) is 0 Å². The zero-order valence-electron chi connectivity index (χ0n) is 10.8. The lowest BCUT2D eigenvalue weighted by Gasteiger charge is -2.42. The van der Waals surface area contributed by atoms with Crippen LogP contribution in [-0.2, 0) is 0 Å². The predicted octanol–water partition coefficient (Wildman–Crippen LogP) is 2.56. The van der Waals surface area contributed by atoms with Crippen LogP contribution in [0.5, 0.6) is 0 Å². The minimum atomic E-state index is -0.363. The van der Waals surface area contributed by atoms with E-state index in [4.69, 9.17) is 0 Å². The van der Waals surface area contributed by atoms with Gasteiger partial charge in [0, 0.05) is 0 Å². The standard InChI is InChI=1S/C14H27NO/c1-11-4-5-13(10-12(11)2)14(16)6-3-8-15-9-7-14/h11-13,15-16H,3-10H2,1-2H3. The first-order valence-corrected chi connectivity index (χ1v) is 7.05. The Hall–Kier alpha value is -0.0800. The summed E-state index contributed by atoms with van der Waals surface area (Å²) in [4.78, 5) is 0. The molecule has 2 heteroatoms. The van der Waals surface area contributed by atoms with Crippen LogP contribution in [0.15, 0.2) is 0 Å². The first kappa shape index (κ1) is 12.4. The molecule has 2 rings (SSSR count). The summed E-state index contributed by atoms with van der Waals surface area (Å²) in [5.74, 6) is 2.20. The average Bonchev–Trinajstić information content (AvgIpc) is 2.48. The highest BCUT2D eigenvalue weighted by Gasteiger charge is 2.40. The number of hydrogen-bond donors (Lipinski definition) is 2. The average molecular weight is 225 g/mol. The Morgan fingerprint density at radius 1 is 1.06 bits per heavy atom. The maximum atomic E-state index is 10.8. The minimum Gasteiger partial charge on any atom is -0.390 e. The minimum absolute atomic E-state index is 0.363. The van der Waals surface area contributed by atoms with Gasteiger partial charge in [-0.25, -0.2) is 0 Å². The molecule has 1 aliphatic heterocycles. The van der Waals surface area contributed by atoms with Crippen LogP contribution in [-0.4, -0.2) is 23.8 Å². The Balaban J connectivity index is 1.99. The van der Waals surface area contributed by atoms with Gasteiger partial charge in [0.15, 0.2) is 0 Å². The fraction of sp³-hybridized carbons (Fsp3) is 1.00. The Morgan fingerprint density at radius 3 is 2.62 bits per heavy atom. The van der Waals surface area contributed by atoms with E-state index in [9.17, 15) is 5.11 Å². The van der Waals surface area contributed by atoms with Crippen molar-refractivity contribution in [2.75, 3.05) is 13.1 Å². The fourth-order valence-electron chi connectivity index (χ4n) is 3.52. The van der Waals surface area contributed by atoms with Crippen LogP contribution in [0.1, 0.15) is 52.4 Å². The summed E-state index contributed by atoms with van der Waals surface area (Å²) in [5.41, 5.74) is -0.363. The topological polar surface area (TPSA) is 32.3 Å². The molecule has 0 amide bonds. The van der Waals surface area contributed by atoms with Crippen LogP contribution in [0.2, 0.25) is 0 Å². The summed E-state index contributed by atoms with van der Waals surface area (Å²) in [6.07, 6.45) is 6.88. The molecule has 0 radical (unpaired) electrons. The molecule has 0 bridgehead atoms. The molecule has 0 aromatic rings. The molecule has 2 fully saturated rings. The molecule has 4 unspecified atom stereocenters. The van der Waals surface area contributed by atoms with Crippen molar-refractivity contribution in [3.63, 3.8) is 0 Å². The summed E-state index contributed by atoms with van der Waals surface area (Å²) in [6, 6.07) is 0. The molecule has 0 spiro atoms. The Kier molecular flexibility index (Phi) is 3.91. The lowest BCUT2D eigenvalue weighted by atomic mass is 9.67. The first-order chi connectivity index (χ1) is 7.62. The lowest BCUT2D eigenvalue weighted by molar-refractivity contribution is -0.0557. The summed E-state index contributed by atoms with van der Waals surface area (Å²) in [7, 11) is 0. The van der Waals surface area contributed by atoms with Crippen molar-refractivity contribution in [2.45, 2.75) is 58.0 Å². The quantitative estimate of drug-likeness (QED) is 0.719. The van der Waals surface area contributed by atoms with Crippen LogP contribution in [0.3, 0.4) is 0 Å². The van der Waals surface area contributed by atoms with Gasteiger partial charge in [-0.05, 0) is 62.9 Å². The van der Waals surface area contributed by atoms with Crippen LogP contribution >= 0.6 is 0 Å². The van der Waals surface area contributed by atoms with E-state index in [-0.39, 0.29) is 5.60 Å². The van der Waals surface area contributed by atoms with Gasteiger partial charge >= 0.3 is 0 Å². The molecule has 1 saturated heterocycles. The Labute approximate surface area is 99.8 Å². The molecule has 1 aliphatic carbocycles. The second kappa shape index (κ2) is 5.05. The third-order valence-corrected chi connectivity index (χ3v) is 5.06. The monoisotopic (exact) mass is 225 g/mol. The number of nitrogens with one attached hydrogen (secondary N) is 1. The molecule has 2 N–H and O–H groups in total. The SMILES string of the molecule is CC1CCC(C2(O)CCCNCC2)CC1C. The smallest absolute Gasteiger partial charge is 0.0688 e. The van der Waals surface area contributed by atoms with Gasteiger partial charge in [-0.15, -0.1) is 0 Å². The van der Waals surface area contributed by atoms with Gasteiger partial charge in [0.25, 0.3) is 0 Å². The molecule has 2 aliphatic rings. The van der Waals surface area contributed by atoms with Crippen molar-refractivity contribution >= 4 is 0 Å². The van der Waals surface area contributed by atoms with Crippen molar-refractivity contribution in [1.82, 2.24) is 5.32 Å². The van der Waals surface area contributed by atoms with Gasteiger partial charge in [-0.1, -0.05) is 20.3 Å². The number of hydrogen-bond acceptors (Lipinski definition) is 2. The van der Waals surface area contributed by atoms with Crippen molar-refractivity contribution in [3.05, 3.63) is 0 Å². The molecule has 1 saturated carbocycles. The second-order valence-electron chi connectivity index (χ2n) is 6.17. The van der Waals surface area contributed by atoms with E-state index >= 15 is 0 Å². The predicted molar refractivity (Wildman–Crippen MR) is 67.3 cm³/mol. The lowest BCUT2D eigenvalue weighted by Crippen LogP contribution is -2.42. The van der Waals surface area contributed by atoms with E-state index in [0.29, 0.717) is 5.92 Å². The van der Waals surface area contributed by atoms with Crippen LogP contribution in [0.25, 0.3) is 0 Å². The molecular formula is C14H27NO. The normalized spacial score (nSPS) is 46.3. The van der Waals surface area contributed by atoms with Gasteiger partial charge in [-0.3, -0.25) is 0 Å². The van der Waals surface area contributed by atoms with E-state index in [1.807, 2.05) is 0 Å². The van der Waals surface area contributed by atoms with E-state index in [2.05, 4.69) is 19.2 Å². The molecule has 0 aromatic heterocycles. The van der Waals surface area contributed by atoms with Crippen molar-refractivity contribution < 1.29 is 5.11 Å². The summed E-state index contributed by atoms with van der Waals surface area (Å²) < 4.78 is 0. The third-order valence-electron chi connectivity index (χ3n) is 5.06. The summed E-state index contributed by atoms with van der Waals surface area (Å²) in [5, 5.41) is 14.2. The molecule has 2 nitrogen and oxygen atoms in total. The number of aliphatic hydroxyl groups is 1. The maximum Gasteiger partial charge on any atom is 0.0688 e. The fourth-order valence-corrected chi connectivity index (χ4v) is 3.52. The van der Waals surface area contributed by atoms with Gasteiger partial charge in [0.05, 0.1) is 5.60 Å². The van der Waals surface area contributed by atoms with Crippen LogP contribution in [0.4, 0.5) is 0 Å². The number of rotatable bonds is 1. The second-order valence-corrected chi connectivity index (χ2v) is 6.17. The zero-order chi connectivity index (χ0) is 11.6. The van der Waals surface area contributed by atoms with Crippen LogP contribution in [0, 0.1) is 17.8 Å². The largest absolute Gasteiger partial charge is 0.390 e. The van der Waals surface area contributed by atoms with E-state index in [1.54, 1.807) is 0 Å². The van der Waals surface area contributed by atoms with E-state index < -0.39 is 0 Å². The molecule has 16 heavy (non-hydrogen) atoms. The van der Waals surface area contributed by atoms with Gasteiger partial charge in [-0.2, -0.15) is 0 Å². The highest BCUT2D eigenvalue weighted by atomic mass is 16.3. The summed E-state index contributed by atoms with van der Waals surface area (Å²) in [6.45, 7) is 6.80. The molecule has 94 valence electrons. The zero-order valence-corrected chi connectivity index (χ0v) is 10.8. The van der Waals surface area contributed by atoms with E-state index in [1.165, 1.54) is 19.3 Å². The summed E-state index contributed by atoms with van der Waals surface area (Å²) >= 11 is 0. The van der Waals surface area contributed by atoms with Gasteiger partial charge in [0.2, 0.25) is 0 Å². The molecular weight excluding hydrogens is 198 g/mol. The Bertz CT molecular complexity index is 221. The third kappa shape index (κ3) is 2.60. The highest BCUT2D eigenvalue weighted by Crippen LogP contribution is 2.42. The van der Waals surface area contributed by atoms with Gasteiger partial charge in [0.1, 0.15) is 0 Å². The van der Waals surface area contributed by atoms with Crippen molar-refractivity contribution in [1.29, 1.82) is 0 Å². The maximum absolute atomic E-state index is 10.8. The molecule has 1 heterocycles. The van der Waals surface area contributed by atoms with Crippen molar-refractivity contribution in [2.24, 2.45) is 17.8 Å². The first-order valence-electron chi connectivity index (χ1n) is 7.05. The van der Waals surface area contributed by atoms with Gasteiger partial charge < -0.3 is 10.4 Å².